The summed E-state index contributed by atoms with van der Waals surface area (Å²) in [5.41, 5.74) is 12.6. The van der Waals surface area contributed by atoms with Crippen LogP contribution in [0.1, 0.15) is 0 Å². The number of pyridine rings is 1. The van der Waals surface area contributed by atoms with Crippen molar-refractivity contribution in [1.29, 1.82) is 0 Å². The van der Waals surface area contributed by atoms with E-state index in [4.69, 9.17) is 15.0 Å². The molecule has 0 fully saturated rings. The summed E-state index contributed by atoms with van der Waals surface area (Å²) < 4.78 is 6.91. The number of hydrogen-bond acceptors (Lipinski definition) is 3. The summed E-state index contributed by atoms with van der Waals surface area (Å²) in [6, 6.07) is 60.6. The molecule has 55 heavy (non-hydrogen) atoms. The predicted octanol–water partition coefficient (Wildman–Crippen LogP) is 12.1. The zero-order valence-electron chi connectivity index (χ0n) is 29.3. The Morgan fingerprint density at radius 1 is 0.327 bits per heavy atom. The second-order valence-electron chi connectivity index (χ2n) is 14.4. The number of fused-ring (bicyclic) bond motifs is 18. The van der Waals surface area contributed by atoms with Crippen LogP contribution >= 0.6 is 0 Å². The zero-order valence-corrected chi connectivity index (χ0v) is 29.3. The minimum Gasteiger partial charge on any atom is -0.292 e. The van der Waals surface area contributed by atoms with Crippen LogP contribution in [0.3, 0.4) is 0 Å². The van der Waals surface area contributed by atoms with Crippen LogP contribution in [0.25, 0.3) is 116 Å². The molecule has 13 rings (SSSR count). The maximum Gasteiger partial charge on any atom is 0.221 e. The highest BCUT2D eigenvalue weighted by Gasteiger charge is 2.23. The molecule has 0 N–H and O–H groups in total. The first-order valence-corrected chi connectivity index (χ1v) is 18.6. The molecule has 0 amide bonds. The normalized spacial score (nSPS) is 12.4. The smallest absolute Gasteiger partial charge is 0.221 e. The summed E-state index contributed by atoms with van der Waals surface area (Å²) in [5.74, 6) is 0.819. The van der Waals surface area contributed by atoms with Crippen molar-refractivity contribution < 1.29 is 0 Å². The van der Waals surface area contributed by atoms with E-state index in [9.17, 15) is 0 Å². The summed E-state index contributed by atoms with van der Waals surface area (Å²) in [6.45, 7) is 0. The van der Waals surface area contributed by atoms with Crippen molar-refractivity contribution in [3.05, 3.63) is 170 Å². The highest BCUT2D eigenvalue weighted by molar-refractivity contribution is 6.23. The molecule has 0 aliphatic heterocycles. The van der Waals surface area contributed by atoms with Crippen LogP contribution in [0.15, 0.2) is 170 Å². The predicted molar refractivity (Wildman–Crippen MR) is 227 cm³/mol. The molecule has 0 aliphatic carbocycles. The van der Waals surface area contributed by atoms with Gasteiger partial charge in [-0.2, -0.15) is 0 Å². The number of para-hydroxylation sites is 7. The first kappa shape index (κ1) is 28.9. The van der Waals surface area contributed by atoms with E-state index < -0.39 is 0 Å². The van der Waals surface area contributed by atoms with Crippen LogP contribution in [0.5, 0.6) is 0 Å². The van der Waals surface area contributed by atoms with Crippen molar-refractivity contribution in [2.75, 3.05) is 0 Å². The van der Waals surface area contributed by atoms with E-state index in [1.54, 1.807) is 0 Å². The second-order valence-corrected chi connectivity index (χ2v) is 14.4. The van der Waals surface area contributed by atoms with Gasteiger partial charge in [0.1, 0.15) is 11.3 Å². The quantitative estimate of drug-likeness (QED) is 0.169. The first-order chi connectivity index (χ1) is 27.3. The van der Waals surface area contributed by atoms with Gasteiger partial charge in [-0.3, -0.25) is 13.4 Å². The third kappa shape index (κ3) is 3.79. The lowest BCUT2D eigenvalue weighted by atomic mass is 9.93. The Hall–Kier alpha value is -7.57. The molecule has 0 saturated carbocycles. The zero-order chi connectivity index (χ0) is 35.8. The SMILES string of the molecule is c1ccc2c(c1)nc(-n1c3ccccc3c3cc(-c4ccc5c(c4)c4ccccc4n4c6ccccc6nc54)c4ccccc4c31)n1c3ccccc3nc21. The van der Waals surface area contributed by atoms with Crippen molar-refractivity contribution in [2.45, 2.75) is 0 Å². The fraction of sp³-hybridized carbons (Fsp3) is 0. The van der Waals surface area contributed by atoms with Gasteiger partial charge in [-0.25, -0.2) is 15.0 Å². The molecule has 5 aromatic heterocycles. The molecule has 0 radical (unpaired) electrons. The second kappa shape index (κ2) is 10.5. The number of nitrogens with zero attached hydrogens (tertiary/aromatic N) is 6. The van der Waals surface area contributed by atoms with E-state index in [0.717, 1.165) is 72.1 Å². The van der Waals surface area contributed by atoms with Crippen molar-refractivity contribution in [2.24, 2.45) is 0 Å². The number of rotatable bonds is 2. The standard InChI is InChI=1S/C49H28N6/c1-2-16-33-30(13-1)36(29-25-26-34-37(27-29)31-14-4-9-21-42(31)53-44-23-11-7-19-40(44)50-47(34)53)28-38-32-15-5-10-22-43(32)54(46(33)38)49-52-39-18-6-3-17-35(39)48-51-41-20-8-12-24-45(41)55(48)49/h1-28H. The highest BCUT2D eigenvalue weighted by atomic mass is 15.2. The molecule has 6 nitrogen and oxygen atoms in total. The van der Waals surface area contributed by atoms with Gasteiger partial charge >= 0.3 is 0 Å². The maximum atomic E-state index is 5.44. The van der Waals surface area contributed by atoms with E-state index >= 15 is 0 Å². The van der Waals surface area contributed by atoms with Crippen LogP contribution < -0.4 is 0 Å². The molecule has 0 spiro atoms. The Morgan fingerprint density at radius 3 is 1.62 bits per heavy atom. The van der Waals surface area contributed by atoms with Gasteiger partial charge in [-0.05, 0) is 88.6 Å². The summed E-state index contributed by atoms with van der Waals surface area (Å²) in [6.07, 6.45) is 0. The molecule has 0 aliphatic rings. The van der Waals surface area contributed by atoms with Crippen molar-refractivity contribution in [1.82, 2.24) is 28.3 Å². The van der Waals surface area contributed by atoms with Crippen LogP contribution in [-0.4, -0.2) is 28.3 Å². The third-order valence-electron chi connectivity index (χ3n) is 11.6. The van der Waals surface area contributed by atoms with Crippen LogP contribution in [0.4, 0.5) is 0 Å². The monoisotopic (exact) mass is 700 g/mol. The molecule has 6 heteroatoms. The lowest BCUT2D eigenvalue weighted by Gasteiger charge is -2.15. The topological polar surface area (TPSA) is 52.4 Å². The molecule has 0 unspecified atom stereocenters. The van der Waals surface area contributed by atoms with Crippen molar-refractivity contribution in [3.8, 4) is 17.1 Å². The van der Waals surface area contributed by atoms with Crippen LogP contribution in [0.2, 0.25) is 0 Å². The maximum absolute atomic E-state index is 5.44. The molecular weight excluding hydrogens is 673 g/mol. The van der Waals surface area contributed by atoms with Gasteiger partial charge in [0.25, 0.3) is 0 Å². The fourth-order valence-electron chi connectivity index (χ4n) is 9.22. The molecule has 5 heterocycles. The minimum absolute atomic E-state index is 0.819. The molecule has 0 bridgehead atoms. The van der Waals surface area contributed by atoms with E-state index in [0.29, 0.717) is 0 Å². The van der Waals surface area contributed by atoms with E-state index in [1.807, 2.05) is 0 Å². The Kier molecular flexibility index (Phi) is 5.54. The number of benzene rings is 8. The largest absolute Gasteiger partial charge is 0.292 e. The summed E-state index contributed by atoms with van der Waals surface area (Å²) in [4.78, 5) is 15.8. The van der Waals surface area contributed by atoms with Gasteiger partial charge in [-0.15, -0.1) is 0 Å². The fourth-order valence-corrected chi connectivity index (χ4v) is 9.22. The number of hydrogen-bond donors (Lipinski definition) is 0. The third-order valence-corrected chi connectivity index (χ3v) is 11.6. The summed E-state index contributed by atoms with van der Waals surface area (Å²) in [5, 5.41) is 9.26. The average molecular weight is 701 g/mol. The van der Waals surface area contributed by atoms with E-state index in [1.165, 1.54) is 43.4 Å². The lowest BCUT2D eigenvalue weighted by molar-refractivity contribution is 0.982. The Labute approximate surface area is 312 Å². The molecular formula is C49H28N6. The molecule has 0 saturated heterocycles. The molecule has 13 aromatic rings. The number of aromatic nitrogens is 6. The molecule has 0 atom stereocenters. The van der Waals surface area contributed by atoms with Gasteiger partial charge in [-0.1, -0.05) is 103 Å². The van der Waals surface area contributed by atoms with Crippen molar-refractivity contribution in [3.63, 3.8) is 0 Å². The van der Waals surface area contributed by atoms with Gasteiger partial charge < -0.3 is 0 Å². The van der Waals surface area contributed by atoms with Crippen LogP contribution in [-0.2, 0) is 0 Å². The van der Waals surface area contributed by atoms with Gasteiger partial charge in [0.2, 0.25) is 5.95 Å². The van der Waals surface area contributed by atoms with Crippen molar-refractivity contribution >= 4 is 98.5 Å². The van der Waals surface area contributed by atoms with E-state index in [-0.39, 0.29) is 0 Å². The van der Waals surface area contributed by atoms with E-state index in [2.05, 4.69) is 183 Å². The number of imidazole rings is 2. The summed E-state index contributed by atoms with van der Waals surface area (Å²) >= 11 is 0. The molecule has 254 valence electrons. The Balaban J connectivity index is 1.16. The lowest BCUT2D eigenvalue weighted by Crippen LogP contribution is -2.06. The Bertz CT molecular complexity index is 3790. The van der Waals surface area contributed by atoms with Crippen LogP contribution in [0, 0.1) is 0 Å². The highest BCUT2D eigenvalue weighted by Crippen LogP contribution is 2.43. The van der Waals surface area contributed by atoms with Gasteiger partial charge in [0.05, 0.1) is 44.1 Å². The summed E-state index contributed by atoms with van der Waals surface area (Å²) in [7, 11) is 0. The molecule has 8 aromatic carbocycles. The van der Waals surface area contributed by atoms with Gasteiger partial charge in [0, 0.05) is 32.3 Å². The Morgan fingerprint density at radius 2 is 0.873 bits per heavy atom. The minimum atomic E-state index is 0.819. The van der Waals surface area contributed by atoms with Gasteiger partial charge in [0.15, 0.2) is 0 Å². The average Bonchev–Trinajstić information content (AvgIpc) is 3.94. The first-order valence-electron chi connectivity index (χ1n) is 18.6.